The molecule has 2 unspecified atom stereocenters. The standard InChI is InChI=1S/C16H25N3O3.HI/c1-10-8-12(10)19-16(17-2)18-9-11-6-7-13(20-3)15(22-5)14(11)21-4;/h6-7,10,12H,8-9H2,1-5H3,(H2,17,18,19);1H. The van der Waals surface area contributed by atoms with Crippen molar-refractivity contribution >= 4 is 29.9 Å². The summed E-state index contributed by atoms with van der Waals surface area (Å²) in [6, 6.07) is 4.36. The number of benzene rings is 1. The first-order valence-corrected chi connectivity index (χ1v) is 7.39. The van der Waals surface area contributed by atoms with Crippen molar-refractivity contribution in [2.24, 2.45) is 10.9 Å². The van der Waals surface area contributed by atoms with Crippen molar-refractivity contribution < 1.29 is 14.2 Å². The molecule has 1 aromatic carbocycles. The van der Waals surface area contributed by atoms with Gasteiger partial charge in [-0.1, -0.05) is 6.92 Å². The molecular weight excluding hydrogens is 409 g/mol. The van der Waals surface area contributed by atoms with Crippen LogP contribution in [0.15, 0.2) is 17.1 Å². The van der Waals surface area contributed by atoms with Crippen molar-refractivity contribution in [3.05, 3.63) is 17.7 Å². The first-order chi connectivity index (χ1) is 10.6. The highest BCUT2D eigenvalue weighted by molar-refractivity contribution is 14.0. The second-order valence-electron chi connectivity index (χ2n) is 5.38. The van der Waals surface area contributed by atoms with Gasteiger partial charge >= 0.3 is 0 Å². The van der Waals surface area contributed by atoms with E-state index in [4.69, 9.17) is 14.2 Å². The Labute approximate surface area is 155 Å². The Bertz CT molecular complexity index is 552. The monoisotopic (exact) mass is 435 g/mol. The SMILES string of the molecule is CN=C(NCc1ccc(OC)c(OC)c1OC)NC1CC1C.I. The molecule has 0 radical (unpaired) electrons. The molecule has 0 heterocycles. The van der Waals surface area contributed by atoms with Gasteiger partial charge in [0.05, 0.1) is 21.3 Å². The number of hydrogen-bond donors (Lipinski definition) is 2. The van der Waals surface area contributed by atoms with E-state index < -0.39 is 0 Å². The van der Waals surface area contributed by atoms with Crippen LogP contribution in [-0.2, 0) is 6.54 Å². The molecule has 1 aromatic rings. The quantitative estimate of drug-likeness (QED) is 0.408. The Morgan fingerprint density at radius 1 is 1.17 bits per heavy atom. The van der Waals surface area contributed by atoms with Crippen molar-refractivity contribution in [1.29, 1.82) is 0 Å². The minimum atomic E-state index is 0. The van der Waals surface area contributed by atoms with E-state index in [-0.39, 0.29) is 24.0 Å². The molecule has 23 heavy (non-hydrogen) atoms. The number of ether oxygens (including phenoxy) is 3. The number of guanidine groups is 1. The fraction of sp³-hybridized carbons (Fsp3) is 0.562. The zero-order valence-electron chi connectivity index (χ0n) is 14.3. The van der Waals surface area contributed by atoms with Crippen LogP contribution in [0.3, 0.4) is 0 Å². The number of hydrogen-bond acceptors (Lipinski definition) is 4. The Morgan fingerprint density at radius 2 is 1.83 bits per heavy atom. The maximum Gasteiger partial charge on any atom is 0.203 e. The Hall–Kier alpha value is -1.38. The van der Waals surface area contributed by atoms with Gasteiger partial charge in [0.25, 0.3) is 0 Å². The number of rotatable bonds is 6. The van der Waals surface area contributed by atoms with E-state index >= 15 is 0 Å². The molecule has 0 spiro atoms. The second-order valence-corrected chi connectivity index (χ2v) is 5.38. The minimum absolute atomic E-state index is 0. The summed E-state index contributed by atoms with van der Waals surface area (Å²) in [5.74, 6) is 3.44. The molecule has 1 aliphatic rings. The van der Waals surface area contributed by atoms with Crippen molar-refractivity contribution in [2.45, 2.75) is 25.9 Å². The summed E-state index contributed by atoms with van der Waals surface area (Å²) >= 11 is 0. The summed E-state index contributed by atoms with van der Waals surface area (Å²) in [6.45, 7) is 2.81. The van der Waals surface area contributed by atoms with Gasteiger partial charge in [-0.05, 0) is 24.5 Å². The van der Waals surface area contributed by atoms with E-state index in [2.05, 4.69) is 22.5 Å². The van der Waals surface area contributed by atoms with Gasteiger partial charge in [-0.25, -0.2) is 0 Å². The predicted molar refractivity (Wildman–Crippen MR) is 102 cm³/mol. The molecule has 1 fully saturated rings. The highest BCUT2D eigenvalue weighted by Crippen LogP contribution is 2.39. The summed E-state index contributed by atoms with van der Waals surface area (Å²) in [6.07, 6.45) is 1.19. The number of nitrogens with zero attached hydrogens (tertiary/aromatic N) is 1. The Morgan fingerprint density at radius 3 is 2.30 bits per heavy atom. The predicted octanol–water partition coefficient (Wildman–Crippen LogP) is 2.40. The van der Waals surface area contributed by atoms with E-state index in [0.29, 0.717) is 35.8 Å². The summed E-state index contributed by atoms with van der Waals surface area (Å²) < 4.78 is 16.2. The highest BCUT2D eigenvalue weighted by atomic mass is 127. The topological polar surface area (TPSA) is 64.1 Å². The normalized spacial score (nSPS) is 19.4. The van der Waals surface area contributed by atoms with Crippen LogP contribution in [0.4, 0.5) is 0 Å². The maximum absolute atomic E-state index is 5.48. The molecule has 7 heteroatoms. The van der Waals surface area contributed by atoms with E-state index in [1.807, 2.05) is 12.1 Å². The lowest BCUT2D eigenvalue weighted by atomic mass is 10.1. The second kappa shape index (κ2) is 9.05. The van der Waals surface area contributed by atoms with Crippen LogP contribution in [0.1, 0.15) is 18.9 Å². The van der Waals surface area contributed by atoms with Crippen LogP contribution in [0.25, 0.3) is 0 Å². The molecule has 0 aromatic heterocycles. The molecule has 130 valence electrons. The van der Waals surface area contributed by atoms with Crippen LogP contribution in [0.5, 0.6) is 17.2 Å². The van der Waals surface area contributed by atoms with Crippen LogP contribution in [0.2, 0.25) is 0 Å². The molecule has 2 atom stereocenters. The van der Waals surface area contributed by atoms with Crippen molar-refractivity contribution in [3.63, 3.8) is 0 Å². The van der Waals surface area contributed by atoms with Crippen molar-refractivity contribution in [3.8, 4) is 17.2 Å². The number of nitrogens with one attached hydrogen (secondary N) is 2. The molecule has 0 saturated heterocycles. The van der Waals surface area contributed by atoms with Crippen LogP contribution in [0, 0.1) is 5.92 Å². The third kappa shape index (κ3) is 4.79. The van der Waals surface area contributed by atoms with E-state index in [1.54, 1.807) is 28.4 Å². The average Bonchev–Trinajstić information content (AvgIpc) is 3.24. The van der Waals surface area contributed by atoms with Gasteiger partial charge in [0.1, 0.15) is 0 Å². The lowest BCUT2D eigenvalue weighted by Gasteiger charge is -2.17. The van der Waals surface area contributed by atoms with Crippen LogP contribution in [-0.4, -0.2) is 40.4 Å². The number of aliphatic imine (C=N–C) groups is 1. The molecule has 1 saturated carbocycles. The van der Waals surface area contributed by atoms with Gasteiger partial charge < -0.3 is 24.8 Å². The molecule has 0 aliphatic heterocycles. The maximum atomic E-state index is 5.48. The summed E-state index contributed by atoms with van der Waals surface area (Å²) in [7, 11) is 6.61. The third-order valence-electron chi connectivity index (χ3n) is 3.89. The van der Waals surface area contributed by atoms with Crippen molar-refractivity contribution in [2.75, 3.05) is 28.4 Å². The van der Waals surface area contributed by atoms with Gasteiger partial charge in [-0.15, -0.1) is 24.0 Å². The van der Waals surface area contributed by atoms with E-state index in [9.17, 15) is 0 Å². The molecule has 2 rings (SSSR count). The lowest BCUT2D eigenvalue weighted by molar-refractivity contribution is 0.322. The number of halogens is 1. The van der Waals surface area contributed by atoms with Gasteiger partial charge in [0.2, 0.25) is 5.75 Å². The Balaban J connectivity index is 0.00000264. The molecule has 0 bridgehead atoms. The first kappa shape index (κ1) is 19.7. The minimum Gasteiger partial charge on any atom is -0.493 e. The average molecular weight is 435 g/mol. The molecule has 2 N–H and O–H groups in total. The highest BCUT2D eigenvalue weighted by Gasteiger charge is 2.33. The summed E-state index contributed by atoms with van der Waals surface area (Å²) in [4.78, 5) is 4.25. The zero-order chi connectivity index (χ0) is 16.1. The van der Waals surface area contributed by atoms with E-state index in [0.717, 1.165) is 11.5 Å². The fourth-order valence-electron chi connectivity index (χ4n) is 2.37. The zero-order valence-corrected chi connectivity index (χ0v) is 16.6. The molecule has 6 nitrogen and oxygen atoms in total. The van der Waals surface area contributed by atoms with Gasteiger partial charge in [0, 0.05) is 25.2 Å². The van der Waals surface area contributed by atoms with Crippen LogP contribution >= 0.6 is 24.0 Å². The van der Waals surface area contributed by atoms with Crippen LogP contribution < -0.4 is 24.8 Å². The van der Waals surface area contributed by atoms with Crippen molar-refractivity contribution in [1.82, 2.24) is 10.6 Å². The molecular formula is C16H26IN3O3. The lowest BCUT2D eigenvalue weighted by Crippen LogP contribution is -2.38. The number of methoxy groups -OCH3 is 3. The summed E-state index contributed by atoms with van der Waals surface area (Å²) in [5.41, 5.74) is 0.979. The first-order valence-electron chi connectivity index (χ1n) is 7.39. The van der Waals surface area contributed by atoms with Gasteiger partial charge in [0.15, 0.2) is 17.5 Å². The molecule has 1 aliphatic carbocycles. The van der Waals surface area contributed by atoms with Gasteiger partial charge in [-0.2, -0.15) is 0 Å². The Kier molecular flexibility index (Phi) is 7.74. The fourth-order valence-corrected chi connectivity index (χ4v) is 2.37. The summed E-state index contributed by atoms with van der Waals surface area (Å²) in [5, 5.41) is 6.70. The van der Waals surface area contributed by atoms with E-state index in [1.165, 1.54) is 6.42 Å². The molecule has 0 amide bonds. The smallest absolute Gasteiger partial charge is 0.203 e. The largest absolute Gasteiger partial charge is 0.493 e. The van der Waals surface area contributed by atoms with Gasteiger partial charge in [-0.3, -0.25) is 4.99 Å². The third-order valence-corrected chi connectivity index (χ3v) is 3.89.